The molecule has 2 rings (SSSR count). The smallest absolute Gasteiger partial charge is 0.283 e. The molecule has 1 aromatic carbocycles. The van der Waals surface area contributed by atoms with Gasteiger partial charge in [0.15, 0.2) is 0 Å². The summed E-state index contributed by atoms with van der Waals surface area (Å²) in [4.78, 5) is 29.0. The van der Waals surface area contributed by atoms with E-state index in [4.69, 9.17) is 5.11 Å². The van der Waals surface area contributed by atoms with Crippen LogP contribution in [0.5, 0.6) is 0 Å². The Bertz CT molecular complexity index is 701. The molecule has 1 unspecified atom stereocenters. The molecule has 106 valence electrons. The van der Waals surface area contributed by atoms with Crippen LogP contribution in [0.1, 0.15) is 6.92 Å². The molecule has 20 heavy (non-hydrogen) atoms. The quantitative estimate of drug-likeness (QED) is 0.492. The van der Waals surface area contributed by atoms with E-state index in [1.165, 1.54) is 30.2 Å². The number of benzene rings is 1. The molecule has 1 aromatic heterocycles. The molecule has 0 saturated carbocycles. The fourth-order valence-corrected chi connectivity index (χ4v) is 2.67. The first-order valence-corrected chi connectivity index (χ1v) is 6.91. The molecule has 1 heterocycles. The van der Waals surface area contributed by atoms with E-state index in [-0.39, 0.29) is 23.6 Å². The van der Waals surface area contributed by atoms with Gasteiger partial charge < -0.3 is 10.1 Å². The maximum atomic E-state index is 11.6. The van der Waals surface area contributed by atoms with Crippen molar-refractivity contribution in [2.75, 3.05) is 12.4 Å². The van der Waals surface area contributed by atoms with Crippen molar-refractivity contribution in [3.8, 4) is 0 Å². The van der Waals surface area contributed by atoms with E-state index in [1.54, 1.807) is 0 Å². The summed E-state index contributed by atoms with van der Waals surface area (Å²) in [5.41, 5.74) is -0.108. The van der Waals surface area contributed by atoms with Gasteiger partial charge in [-0.05, 0) is 12.0 Å². The molecule has 0 fully saturated rings. The van der Waals surface area contributed by atoms with Crippen LogP contribution < -0.4 is 5.56 Å². The number of hydrogen-bond donors (Lipinski definition) is 2. The predicted octanol–water partition coefficient (Wildman–Crippen LogP) is 1.55. The Morgan fingerprint density at radius 2 is 2.30 bits per heavy atom. The number of aromatic nitrogens is 2. The third kappa shape index (κ3) is 2.97. The predicted molar refractivity (Wildman–Crippen MR) is 76.0 cm³/mol. The topological polar surface area (TPSA) is 109 Å². The van der Waals surface area contributed by atoms with Gasteiger partial charge in [0.2, 0.25) is 0 Å². The zero-order chi connectivity index (χ0) is 14.7. The summed E-state index contributed by atoms with van der Waals surface area (Å²) in [6.45, 7) is 1.87. The number of nitro benzene ring substituents is 1. The number of aromatic amines is 1. The van der Waals surface area contributed by atoms with Crippen LogP contribution in [-0.2, 0) is 0 Å². The number of aliphatic hydroxyl groups excluding tert-OH is 1. The van der Waals surface area contributed by atoms with Crippen LogP contribution in [0.3, 0.4) is 0 Å². The van der Waals surface area contributed by atoms with Crippen molar-refractivity contribution in [3.05, 3.63) is 38.9 Å². The maximum absolute atomic E-state index is 11.6. The lowest BCUT2D eigenvalue weighted by molar-refractivity contribution is -0.387. The third-order valence-electron chi connectivity index (χ3n) is 2.75. The molecule has 2 aromatic rings. The first kappa shape index (κ1) is 14.5. The van der Waals surface area contributed by atoms with Crippen molar-refractivity contribution in [1.82, 2.24) is 9.97 Å². The van der Waals surface area contributed by atoms with Crippen molar-refractivity contribution >= 4 is 28.4 Å². The lowest BCUT2D eigenvalue weighted by Crippen LogP contribution is -2.08. The molecule has 0 aliphatic rings. The summed E-state index contributed by atoms with van der Waals surface area (Å²) < 4.78 is 0. The maximum Gasteiger partial charge on any atom is 0.283 e. The number of rotatable bonds is 5. The lowest BCUT2D eigenvalue weighted by atomic mass is 10.2. The Labute approximate surface area is 118 Å². The van der Waals surface area contributed by atoms with Crippen LogP contribution >= 0.6 is 11.8 Å². The SMILES string of the molecule is CC(CO)CSc1cc2nc[nH]c(=O)c2cc1[N+](=O)[O-]. The molecular formula is C12H13N3O4S. The fraction of sp³-hybridized carbons (Fsp3) is 0.333. The first-order valence-electron chi connectivity index (χ1n) is 5.92. The minimum atomic E-state index is -0.516. The van der Waals surface area contributed by atoms with E-state index >= 15 is 0 Å². The number of nitrogens with one attached hydrogen (secondary N) is 1. The Morgan fingerprint density at radius 1 is 1.55 bits per heavy atom. The highest BCUT2D eigenvalue weighted by atomic mass is 32.2. The van der Waals surface area contributed by atoms with Gasteiger partial charge in [0, 0.05) is 18.4 Å². The molecule has 7 nitrogen and oxygen atoms in total. The highest BCUT2D eigenvalue weighted by Gasteiger charge is 2.18. The largest absolute Gasteiger partial charge is 0.396 e. The van der Waals surface area contributed by atoms with E-state index in [9.17, 15) is 14.9 Å². The lowest BCUT2D eigenvalue weighted by Gasteiger charge is -2.08. The standard InChI is InChI=1S/C12H13N3O4S/c1-7(4-16)5-20-11-3-9-8(2-10(11)15(18)19)12(17)14-6-13-9/h2-3,6-7,16H,4-5H2,1H3,(H,13,14,17). The molecule has 0 bridgehead atoms. The molecular weight excluding hydrogens is 282 g/mol. The third-order valence-corrected chi connectivity index (χ3v) is 4.13. The molecule has 0 spiro atoms. The average Bonchev–Trinajstić information content (AvgIpc) is 2.44. The Hall–Kier alpha value is -1.93. The molecule has 0 aliphatic carbocycles. The van der Waals surface area contributed by atoms with Gasteiger partial charge in [-0.15, -0.1) is 11.8 Å². The molecule has 1 atom stereocenters. The summed E-state index contributed by atoms with van der Waals surface area (Å²) >= 11 is 1.27. The van der Waals surface area contributed by atoms with Crippen molar-refractivity contribution in [2.24, 2.45) is 5.92 Å². The Morgan fingerprint density at radius 3 is 2.95 bits per heavy atom. The summed E-state index contributed by atoms with van der Waals surface area (Å²) in [6.07, 6.45) is 1.27. The van der Waals surface area contributed by atoms with Crippen molar-refractivity contribution in [3.63, 3.8) is 0 Å². The van der Waals surface area contributed by atoms with Crippen LogP contribution in [0, 0.1) is 16.0 Å². The monoisotopic (exact) mass is 295 g/mol. The van der Waals surface area contributed by atoms with Gasteiger partial charge in [-0.2, -0.15) is 0 Å². The van der Waals surface area contributed by atoms with Gasteiger partial charge in [0.1, 0.15) is 0 Å². The van der Waals surface area contributed by atoms with Crippen molar-refractivity contribution in [2.45, 2.75) is 11.8 Å². The van der Waals surface area contributed by atoms with Gasteiger partial charge >= 0.3 is 0 Å². The van der Waals surface area contributed by atoms with E-state index in [0.717, 1.165) is 0 Å². The summed E-state index contributed by atoms with van der Waals surface area (Å²) in [5, 5.41) is 20.3. The van der Waals surface area contributed by atoms with Gasteiger partial charge in [-0.25, -0.2) is 4.98 Å². The van der Waals surface area contributed by atoms with Crippen LogP contribution in [0.4, 0.5) is 5.69 Å². The van der Waals surface area contributed by atoms with Crippen LogP contribution in [0.15, 0.2) is 28.2 Å². The highest BCUT2D eigenvalue weighted by molar-refractivity contribution is 7.99. The summed E-state index contributed by atoms with van der Waals surface area (Å²) in [7, 11) is 0. The van der Waals surface area contributed by atoms with Gasteiger partial charge in [-0.1, -0.05) is 6.92 Å². The molecule has 0 amide bonds. The zero-order valence-corrected chi connectivity index (χ0v) is 11.5. The second kappa shape index (κ2) is 6.02. The minimum absolute atomic E-state index is 0.0201. The Balaban J connectivity index is 2.49. The second-order valence-corrected chi connectivity index (χ2v) is 5.49. The number of nitrogens with zero attached hydrogens (tertiary/aromatic N) is 2. The van der Waals surface area contributed by atoms with E-state index < -0.39 is 10.5 Å². The average molecular weight is 295 g/mol. The van der Waals surface area contributed by atoms with Crippen molar-refractivity contribution < 1.29 is 10.0 Å². The van der Waals surface area contributed by atoms with E-state index in [1.807, 2.05) is 6.92 Å². The molecule has 0 saturated heterocycles. The van der Waals surface area contributed by atoms with Crippen LogP contribution in [0.25, 0.3) is 10.9 Å². The first-order chi connectivity index (χ1) is 9.52. The summed E-state index contributed by atoms with van der Waals surface area (Å²) in [5.74, 6) is 0.578. The molecule has 0 aliphatic heterocycles. The van der Waals surface area contributed by atoms with Gasteiger partial charge in [0.05, 0.1) is 27.0 Å². The molecule has 8 heteroatoms. The normalized spacial score (nSPS) is 12.5. The van der Waals surface area contributed by atoms with Gasteiger partial charge in [-0.3, -0.25) is 14.9 Å². The highest BCUT2D eigenvalue weighted by Crippen LogP contribution is 2.32. The Kier molecular flexibility index (Phi) is 4.35. The minimum Gasteiger partial charge on any atom is -0.396 e. The number of thioether (sulfide) groups is 1. The van der Waals surface area contributed by atoms with Crippen LogP contribution in [0.2, 0.25) is 0 Å². The number of fused-ring (bicyclic) bond motifs is 1. The second-order valence-electron chi connectivity index (χ2n) is 4.42. The number of hydrogen-bond acceptors (Lipinski definition) is 6. The molecule has 2 N–H and O–H groups in total. The number of aliphatic hydroxyl groups is 1. The van der Waals surface area contributed by atoms with Crippen LogP contribution in [-0.4, -0.2) is 32.4 Å². The summed E-state index contributed by atoms with van der Waals surface area (Å²) in [6, 6.07) is 2.78. The van der Waals surface area contributed by atoms with E-state index in [0.29, 0.717) is 16.2 Å². The number of H-pyrrole nitrogens is 1. The zero-order valence-electron chi connectivity index (χ0n) is 10.7. The van der Waals surface area contributed by atoms with E-state index in [2.05, 4.69) is 9.97 Å². The number of nitro groups is 1. The molecule has 0 radical (unpaired) electrons. The fourth-order valence-electron chi connectivity index (χ4n) is 1.63. The van der Waals surface area contributed by atoms with Gasteiger partial charge in [0.25, 0.3) is 11.2 Å². The van der Waals surface area contributed by atoms with Crippen molar-refractivity contribution in [1.29, 1.82) is 0 Å².